The highest BCUT2D eigenvalue weighted by molar-refractivity contribution is 5.93. The fourth-order valence-corrected chi connectivity index (χ4v) is 9.92. The Kier molecular flexibility index (Phi) is 14.3. The number of rotatable bonds is 11. The van der Waals surface area contributed by atoms with E-state index in [1.165, 1.54) is 6.07 Å². The number of H-pyrrole nitrogens is 1. The molecule has 5 aliphatic heterocycles. The highest BCUT2D eigenvalue weighted by Crippen LogP contribution is 2.35. The van der Waals surface area contributed by atoms with Crippen LogP contribution in [0.15, 0.2) is 85.1 Å². The molecule has 0 radical (unpaired) electrons. The number of imidazole rings is 1. The van der Waals surface area contributed by atoms with E-state index in [-0.39, 0.29) is 47.7 Å². The highest BCUT2D eigenvalue weighted by atomic mass is 19.1. The van der Waals surface area contributed by atoms with Gasteiger partial charge in [-0.1, -0.05) is 66.7 Å². The Bertz CT molecular complexity index is 2370. The topological polar surface area (TPSA) is 185 Å². The van der Waals surface area contributed by atoms with Gasteiger partial charge in [-0.25, -0.2) is 19.0 Å². The summed E-state index contributed by atoms with van der Waals surface area (Å²) in [5, 5.41) is 9.11. The zero-order valence-electron chi connectivity index (χ0n) is 37.6. The van der Waals surface area contributed by atoms with E-state index in [9.17, 15) is 24.0 Å². The molecule has 6 heterocycles. The molecule has 5 fully saturated rings. The summed E-state index contributed by atoms with van der Waals surface area (Å²) >= 11 is 0. The van der Waals surface area contributed by atoms with Gasteiger partial charge in [-0.3, -0.25) is 14.4 Å². The van der Waals surface area contributed by atoms with Crippen molar-refractivity contribution in [2.45, 2.75) is 68.7 Å². The van der Waals surface area contributed by atoms with Gasteiger partial charge >= 0.3 is 12.1 Å². The van der Waals surface area contributed by atoms with Crippen molar-refractivity contribution in [2.24, 2.45) is 0 Å². The van der Waals surface area contributed by atoms with Crippen molar-refractivity contribution in [3.63, 3.8) is 0 Å². The van der Waals surface area contributed by atoms with Crippen LogP contribution in [0.2, 0.25) is 0 Å². The molecule has 5 aliphatic rings. The van der Waals surface area contributed by atoms with Gasteiger partial charge < -0.3 is 54.9 Å². The third-order valence-electron chi connectivity index (χ3n) is 13.6. The number of piperidine rings is 1. The summed E-state index contributed by atoms with van der Waals surface area (Å²) in [7, 11) is 0. The number of hydrogen-bond donors (Lipinski definition) is 4. The molecule has 7 amide bonds. The van der Waals surface area contributed by atoms with Crippen LogP contribution in [0, 0.1) is 5.82 Å². The molecule has 4 atom stereocenters. The van der Waals surface area contributed by atoms with Crippen molar-refractivity contribution in [3.8, 4) is 11.3 Å². The van der Waals surface area contributed by atoms with Gasteiger partial charge in [0.25, 0.3) is 5.91 Å². The number of hydrogen-bond acceptors (Lipinski definition) is 9. The number of halogens is 1. The number of benzene rings is 3. The van der Waals surface area contributed by atoms with E-state index in [0.29, 0.717) is 145 Å². The number of aromatic nitrogens is 2. The Morgan fingerprint density at radius 1 is 0.657 bits per heavy atom. The molecular formula is C49H59FN10O7. The first kappa shape index (κ1) is 45.6. The molecule has 0 saturated carbocycles. The zero-order chi connectivity index (χ0) is 46.3. The minimum absolute atomic E-state index is 0.149. The Balaban J connectivity index is 0.802. The van der Waals surface area contributed by atoms with Gasteiger partial charge in [-0.05, 0) is 61.8 Å². The molecule has 18 heteroatoms. The third kappa shape index (κ3) is 10.4. The lowest BCUT2D eigenvalue weighted by atomic mass is 10.0. The van der Waals surface area contributed by atoms with Crippen molar-refractivity contribution in [2.75, 3.05) is 83.7 Å². The van der Waals surface area contributed by atoms with Crippen molar-refractivity contribution >= 4 is 35.5 Å². The van der Waals surface area contributed by atoms with Gasteiger partial charge in [-0.2, -0.15) is 0 Å². The predicted molar refractivity (Wildman–Crippen MR) is 246 cm³/mol. The molecule has 1 aromatic heterocycles. The third-order valence-corrected chi connectivity index (χ3v) is 13.6. The number of urea groups is 2. The van der Waals surface area contributed by atoms with Crippen molar-refractivity contribution in [1.82, 2.24) is 45.5 Å². The summed E-state index contributed by atoms with van der Waals surface area (Å²) in [5.41, 5.74) is 3.03. The molecule has 0 spiro atoms. The zero-order valence-corrected chi connectivity index (χ0v) is 37.6. The molecule has 354 valence electrons. The van der Waals surface area contributed by atoms with E-state index in [4.69, 9.17) is 9.47 Å². The second kappa shape index (κ2) is 21.0. The van der Waals surface area contributed by atoms with Crippen LogP contribution >= 0.6 is 0 Å². The van der Waals surface area contributed by atoms with E-state index in [2.05, 4.69) is 25.9 Å². The number of ether oxygens (including phenoxy) is 2. The van der Waals surface area contributed by atoms with Crippen molar-refractivity contribution < 1.29 is 37.8 Å². The quantitative estimate of drug-likeness (QED) is 0.168. The monoisotopic (exact) mass is 918 g/mol. The van der Waals surface area contributed by atoms with Crippen LogP contribution in [0.4, 0.5) is 19.7 Å². The summed E-state index contributed by atoms with van der Waals surface area (Å²) in [5.74, 6) is -0.551. The van der Waals surface area contributed by atoms with Gasteiger partial charge in [0.05, 0.1) is 50.0 Å². The van der Waals surface area contributed by atoms with Gasteiger partial charge in [0, 0.05) is 64.0 Å². The Hall–Kier alpha value is -6.53. The Morgan fingerprint density at radius 2 is 1.21 bits per heavy atom. The minimum atomic E-state index is -0.945. The summed E-state index contributed by atoms with van der Waals surface area (Å²) in [6, 6.07) is 19.8. The highest BCUT2D eigenvalue weighted by Gasteiger charge is 2.41. The molecule has 4 N–H and O–H groups in total. The van der Waals surface area contributed by atoms with E-state index >= 15 is 4.39 Å². The van der Waals surface area contributed by atoms with Crippen LogP contribution in [-0.2, 0) is 23.9 Å². The predicted octanol–water partition coefficient (Wildman–Crippen LogP) is 4.52. The van der Waals surface area contributed by atoms with Gasteiger partial charge in [0.1, 0.15) is 29.8 Å². The number of anilines is 1. The first-order chi connectivity index (χ1) is 32.7. The number of carbonyl (C=O) groups is 5. The molecule has 9 rings (SSSR count). The van der Waals surface area contributed by atoms with Crippen LogP contribution in [0.5, 0.6) is 0 Å². The largest absolute Gasteiger partial charge is 0.378 e. The molecule has 4 aromatic rings. The maximum Gasteiger partial charge on any atom is 0.318 e. The smallest absolute Gasteiger partial charge is 0.318 e. The van der Waals surface area contributed by atoms with Crippen LogP contribution in [0.1, 0.15) is 73.6 Å². The number of morpholine rings is 2. The van der Waals surface area contributed by atoms with Crippen LogP contribution < -0.4 is 20.9 Å². The summed E-state index contributed by atoms with van der Waals surface area (Å²) in [6.45, 7) is 5.49. The summed E-state index contributed by atoms with van der Waals surface area (Å²) in [6.07, 6.45) is 5.49. The van der Waals surface area contributed by atoms with Crippen LogP contribution in [0.25, 0.3) is 11.3 Å². The Morgan fingerprint density at radius 3 is 1.79 bits per heavy atom. The molecule has 17 nitrogen and oxygen atoms in total. The lowest BCUT2D eigenvalue weighted by Gasteiger charge is -2.35. The van der Waals surface area contributed by atoms with E-state index < -0.39 is 18.1 Å². The number of nitrogens with zero attached hydrogens (tertiary/aromatic N) is 6. The molecule has 5 saturated heterocycles. The fraction of sp³-hybridized carbons (Fsp3) is 0.469. The molecule has 4 unspecified atom stereocenters. The lowest BCUT2D eigenvalue weighted by Crippen LogP contribution is -2.54. The van der Waals surface area contributed by atoms with Gasteiger partial charge in [0.2, 0.25) is 11.8 Å². The van der Waals surface area contributed by atoms with Gasteiger partial charge in [0.15, 0.2) is 0 Å². The normalized spacial score (nSPS) is 21.2. The lowest BCUT2D eigenvalue weighted by molar-refractivity contribution is -0.140. The molecule has 3 aromatic carbocycles. The average molecular weight is 919 g/mol. The average Bonchev–Trinajstić information content (AvgIpc) is 4.18. The second-order valence-electron chi connectivity index (χ2n) is 17.8. The number of aromatic amines is 1. The molecule has 67 heavy (non-hydrogen) atoms. The molecule has 0 bridgehead atoms. The number of amides is 7. The molecule has 0 aliphatic carbocycles. The minimum Gasteiger partial charge on any atom is -0.378 e. The fourth-order valence-electron chi connectivity index (χ4n) is 9.92. The van der Waals surface area contributed by atoms with E-state index in [1.54, 1.807) is 44.0 Å². The first-order valence-electron chi connectivity index (χ1n) is 23.6. The standard InChI is InChI=1S/C49H59FN10O7/c50-37-31-35(38-32-51-44(53-38)40-13-7-19-59(40)46(62)42(33-9-3-1-4-10-33)54-48(64)57-23-27-66-28-24-57)15-16-39(37)56-21-17-36(18-22-56)52-45(61)41-14-8-20-60(41)47(63)43(34-11-5-2-6-12-34)55-49(65)58-25-29-67-30-26-58/h1-6,9-12,15-16,31-32,36,40-43H,7-8,13-14,17-30H2,(H,51,53)(H,52,61)(H,54,64)(H,55,65). The summed E-state index contributed by atoms with van der Waals surface area (Å²) in [4.78, 5) is 85.5. The van der Waals surface area contributed by atoms with Crippen molar-refractivity contribution in [1.29, 1.82) is 0 Å². The summed E-state index contributed by atoms with van der Waals surface area (Å²) < 4.78 is 26.8. The number of likely N-dealkylation sites (tertiary alicyclic amines) is 2. The number of carbonyl (C=O) groups excluding carboxylic acids is 5. The van der Waals surface area contributed by atoms with Crippen LogP contribution in [0.3, 0.4) is 0 Å². The maximum absolute atomic E-state index is 16.0. The number of nitrogens with one attached hydrogen (secondary N) is 4. The van der Waals surface area contributed by atoms with Gasteiger partial charge in [-0.15, -0.1) is 0 Å². The van der Waals surface area contributed by atoms with E-state index in [0.717, 1.165) is 6.42 Å². The first-order valence-corrected chi connectivity index (χ1v) is 23.6. The van der Waals surface area contributed by atoms with E-state index in [1.807, 2.05) is 59.5 Å². The second-order valence-corrected chi connectivity index (χ2v) is 17.8. The molecular weight excluding hydrogens is 860 g/mol. The SMILES string of the molecule is O=C(NC1CCN(c2ccc(-c3cnc(C4CCCN4C(=O)C(NC(=O)N4CCOCC4)c4ccccc4)[nH]3)cc2F)CC1)C1CCCN1C(=O)C(NC(=O)N1CCOCC1)c1ccccc1. The maximum atomic E-state index is 16.0. The Labute approximate surface area is 389 Å². The van der Waals surface area contributed by atoms with Crippen molar-refractivity contribution in [3.05, 3.63) is 108 Å². The van der Waals surface area contributed by atoms with Crippen LogP contribution in [-0.4, -0.2) is 150 Å².